The van der Waals surface area contributed by atoms with Gasteiger partial charge in [-0.05, 0) is 35.4 Å². The zero-order valence-corrected chi connectivity index (χ0v) is 14.3. The Labute approximate surface area is 144 Å². The summed E-state index contributed by atoms with van der Waals surface area (Å²) in [5.41, 5.74) is 12.9. The summed E-state index contributed by atoms with van der Waals surface area (Å²) < 4.78 is 0. The van der Waals surface area contributed by atoms with Crippen LogP contribution in [-0.2, 0) is 0 Å². The summed E-state index contributed by atoms with van der Waals surface area (Å²) in [5, 5.41) is 13.6. The molecule has 0 aliphatic carbocycles. The fourth-order valence-corrected chi connectivity index (χ4v) is 3.75. The molecule has 2 aliphatic heterocycles. The SMILES string of the molecule is Cc1cc(N2N=C2SSC2=NN2c2cc(C)nc(N)n2)nc(N)n1. The summed E-state index contributed by atoms with van der Waals surface area (Å²) in [7, 11) is 2.96. The maximum atomic E-state index is 5.65. The lowest BCUT2D eigenvalue weighted by atomic mass is 10.4. The number of aromatic nitrogens is 4. The van der Waals surface area contributed by atoms with Crippen LogP contribution in [-0.4, -0.2) is 30.3 Å². The summed E-state index contributed by atoms with van der Waals surface area (Å²) >= 11 is 0. The van der Waals surface area contributed by atoms with E-state index in [0.717, 1.165) is 21.7 Å². The van der Waals surface area contributed by atoms with Gasteiger partial charge in [0.25, 0.3) is 0 Å². The molecule has 0 amide bonds. The van der Waals surface area contributed by atoms with E-state index in [2.05, 4.69) is 30.1 Å². The van der Waals surface area contributed by atoms with E-state index in [0.29, 0.717) is 11.6 Å². The maximum absolute atomic E-state index is 5.65. The van der Waals surface area contributed by atoms with Gasteiger partial charge in [0.2, 0.25) is 22.2 Å². The van der Waals surface area contributed by atoms with Gasteiger partial charge in [-0.2, -0.15) is 20.0 Å². The van der Waals surface area contributed by atoms with Gasteiger partial charge in [0.05, 0.1) is 0 Å². The molecule has 0 atom stereocenters. The number of hydrazone groups is 2. The molecule has 4 rings (SSSR count). The lowest BCUT2D eigenvalue weighted by molar-refractivity contribution is 1.09. The van der Waals surface area contributed by atoms with Crippen molar-refractivity contribution in [1.82, 2.24) is 19.9 Å². The maximum Gasteiger partial charge on any atom is 0.222 e. The second-order valence-electron chi connectivity index (χ2n) is 5.01. The number of anilines is 4. The van der Waals surface area contributed by atoms with E-state index in [1.165, 1.54) is 21.6 Å². The van der Waals surface area contributed by atoms with Crippen LogP contribution in [0.2, 0.25) is 0 Å². The molecule has 2 aromatic heterocycles. The molecule has 10 nitrogen and oxygen atoms in total. The number of nitrogens with two attached hydrogens (primary N) is 2. The molecular formula is C12H12N10S2. The molecule has 0 aromatic carbocycles. The van der Waals surface area contributed by atoms with Crippen molar-refractivity contribution < 1.29 is 0 Å². The third kappa shape index (κ3) is 3.05. The molecule has 0 fully saturated rings. The third-order valence-electron chi connectivity index (χ3n) is 3.00. The lowest BCUT2D eigenvalue weighted by Crippen LogP contribution is -2.07. The van der Waals surface area contributed by atoms with Crippen LogP contribution in [0.4, 0.5) is 23.5 Å². The van der Waals surface area contributed by atoms with Crippen LogP contribution < -0.4 is 21.5 Å². The Bertz CT molecular complexity index is 781. The third-order valence-corrected chi connectivity index (χ3v) is 5.03. The fraction of sp³-hybridized carbons (Fsp3) is 0.167. The number of nitrogen functional groups attached to an aromatic ring is 2. The van der Waals surface area contributed by atoms with Crippen molar-refractivity contribution in [3.8, 4) is 0 Å². The first-order chi connectivity index (χ1) is 11.5. The first kappa shape index (κ1) is 15.0. The van der Waals surface area contributed by atoms with E-state index in [4.69, 9.17) is 11.5 Å². The summed E-state index contributed by atoms with van der Waals surface area (Å²) in [4.78, 5) is 16.4. The molecule has 122 valence electrons. The van der Waals surface area contributed by atoms with Gasteiger partial charge in [-0.25, -0.2) is 9.97 Å². The summed E-state index contributed by atoms with van der Waals surface area (Å²) in [6.45, 7) is 3.72. The second kappa shape index (κ2) is 5.49. The smallest absolute Gasteiger partial charge is 0.222 e. The minimum absolute atomic E-state index is 0.235. The highest BCUT2D eigenvalue weighted by molar-refractivity contribution is 8.87. The average Bonchev–Trinajstić information content (AvgIpc) is 3.38. The topological polar surface area (TPSA) is 134 Å². The molecular weight excluding hydrogens is 348 g/mol. The van der Waals surface area contributed by atoms with Crippen molar-refractivity contribution >= 4 is 55.5 Å². The normalized spacial score (nSPS) is 15.2. The van der Waals surface area contributed by atoms with Crippen molar-refractivity contribution in [2.45, 2.75) is 13.8 Å². The molecule has 2 aliphatic rings. The van der Waals surface area contributed by atoms with Crippen molar-refractivity contribution in [1.29, 1.82) is 0 Å². The molecule has 0 spiro atoms. The van der Waals surface area contributed by atoms with Crippen LogP contribution in [0.3, 0.4) is 0 Å². The van der Waals surface area contributed by atoms with Crippen LogP contribution >= 0.6 is 21.6 Å². The van der Waals surface area contributed by atoms with Gasteiger partial charge in [-0.1, -0.05) is 0 Å². The molecule has 0 bridgehead atoms. The summed E-state index contributed by atoms with van der Waals surface area (Å²) in [6.07, 6.45) is 0. The summed E-state index contributed by atoms with van der Waals surface area (Å²) in [6, 6.07) is 3.65. The number of hydrogen-bond acceptors (Lipinski definition) is 12. The molecule has 0 saturated heterocycles. The lowest BCUT2D eigenvalue weighted by Gasteiger charge is -2.03. The number of rotatable bonds is 2. The van der Waals surface area contributed by atoms with Crippen LogP contribution in [0.25, 0.3) is 0 Å². The van der Waals surface area contributed by atoms with E-state index < -0.39 is 0 Å². The minimum Gasteiger partial charge on any atom is -0.368 e. The van der Waals surface area contributed by atoms with E-state index >= 15 is 0 Å². The molecule has 24 heavy (non-hydrogen) atoms. The highest BCUT2D eigenvalue weighted by atomic mass is 33.1. The molecule has 0 saturated carbocycles. The Morgan fingerprint density at radius 3 is 1.54 bits per heavy atom. The number of nitrogens with zero attached hydrogens (tertiary/aromatic N) is 8. The first-order valence-corrected chi connectivity index (χ1v) is 8.99. The van der Waals surface area contributed by atoms with Gasteiger partial charge in [0.15, 0.2) is 11.6 Å². The Morgan fingerprint density at radius 2 is 1.17 bits per heavy atom. The van der Waals surface area contributed by atoms with E-state index in [1.54, 1.807) is 10.0 Å². The molecule has 2 aromatic rings. The zero-order chi connectivity index (χ0) is 16.8. The predicted molar refractivity (Wildman–Crippen MR) is 97.4 cm³/mol. The van der Waals surface area contributed by atoms with E-state index in [-0.39, 0.29) is 11.9 Å². The predicted octanol–water partition coefficient (Wildman–Crippen LogP) is 1.31. The quantitative estimate of drug-likeness (QED) is 0.755. The van der Waals surface area contributed by atoms with E-state index in [1.807, 2.05) is 26.0 Å². The Hall–Kier alpha value is -2.60. The van der Waals surface area contributed by atoms with Crippen LogP contribution in [0.15, 0.2) is 22.3 Å². The summed E-state index contributed by atoms with van der Waals surface area (Å²) in [5.74, 6) is 1.80. The van der Waals surface area contributed by atoms with Crippen molar-refractivity contribution in [3.63, 3.8) is 0 Å². The number of aryl methyl sites for hydroxylation is 2. The van der Waals surface area contributed by atoms with Gasteiger partial charge in [0, 0.05) is 23.5 Å². The molecule has 4 heterocycles. The number of amidine groups is 2. The first-order valence-electron chi connectivity index (χ1n) is 6.84. The average molecular weight is 360 g/mol. The second-order valence-corrected chi connectivity index (χ2v) is 7.07. The zero-order valence-electron chi connectivity index (χ0n) is 12.7. The standard InChI is InChI=1S/C12H12N10S2/c1-5-3-7(17-9(13)15-5)21-11(19-21)23-24-12-20-22(12)8-4-6(2)16-10(14)18-8/h3-4H,1-2H3,(H2,13,15,17)(H2,14,16,18). The fourth-order valence-electron chi connectivity index (χ4n) is 1.97. The molecule has 12 heteroatoms. The largest absolute Gasteiger partial charge is 0.368 e. The highest BCUT2D eigenvalue weighted by Gasteiger charge is 2.34. The van der Waals surface area contributed by atoms with Gasteiger partial charge in [-0.3, -0.25) is 0 Å². The van der Waals surface area contributed by atoms with Crippen LogP contribution in [0.5, 0.6) is 0 Å². The minimum atomic E-state index is 0.235. The Balaban J connectivity index is 1.32. The van der Waals surface area contributed by atoms with E-state index in [9.17, 15) is 0 Å². The molecule has 0 radical (unpaired) electrons. The van der Waals surface area contributed by atoms with Gasteiger partial charge in [0.1, 0.15) is 0 Å². The van der Waals surface area contributed by atoms with Crippen molar-refractivity contribution in [2.24, 2.45) is 10.2 Å². The van der Waals surface area contributed by atoms with Crippen molar-refractivity contribution in [2.75, 3.05) is 21.5 Å². The Morgan fingerprint density at radius 1 is 0.750 bits per heavy atom. The van der Waals surface area contributed by atoms with Gasteiger partial charge < -0.3 is 11.5 Å². The van der Waals surface area contributed by atoms with Gasteiger partial charge >= 0.3 is 0 Å². The van der Waals surface area contributed by atoms with Gasteiger partial charge in [-0.15, -0.1) is 10.2 Å². The molecule has 0 unspecified atom stereocenters. The number of hydrogen-bond donors (Lipinski definition) is 2. The van der Waals surface area contributed by atoms with Crippen LogP contribution in [0.1, 0.15) is 11.4 Å². The monoisotopic (exact) mass is 360 g/mol. The van der Waals surface area contributed by atoms with Crippen LogP contribution in [0, 0.1) is 13.8 Å². The Kier molecular flexibility index (Phi) is 3.42. The highest BCUT2D eigenvalue weighted by Crippen LogP contribution is 2.40. The molecule has 4 N–H and O–H groups in total. The van der Waals surface area contributed by atoms with Crippen molar-refractivity contribution in [3.05, 3.63) is 23.5 Å².